The predicted octanol–water partition coefficient (Wildman–Crippen LogP) is 4.00. The number of halogens is 1. The van der Waals surface area contributed by atoms with Crippen LogP contribution in [0.3, 0.4) is 0 Å². The van der Waals surface area contributed by atoms with Crippen LogP contribution in [-0.4, -0.2) is 30.4 Å². The predicted molar refractivity (Wildman–Crippen MR) is 117 cm³/mol. The van der Waals surface area contributed by atoms with Crippen molar-refractivity contribution in [3.05, 3.63) is 80.0 Å². The van der Waals surface area contributed by atoms with Crippen molar-refractivity contribution in [3.8, 4) is 11.3 Å². The average molecular weight is 464 g/mol. The summed E-state index contributed by atoms with van der Waals surface area (Å²) in [5.74, 6) is 0.838. The first kappa shape index (κ1) is 18.7. The molecule has 9 heteroatoms. The molecule has 0 bridgehead atoms. The third kappa shape index (κ3) is 3.02. The normalized spacial score (nSPS) is 14.9. The van der Waals surface area contributed by atoms with E-state index in [4.69, 9.17) is 0 Å². The Balaban J connectivity index is 1.76. The van der Waals surface area contributed by atoms with E-state index in [1.165, 1.54) is 5.56 Å². The molecule has 1 aliphatic rings. The van der Waals surface area contributed by atoms with Crippen molar-refractivity contribution in [2.75, 3.05) is 5.32 Å². The zero-order chi connectivity index (χ0) is 20.8. The number of hydrogen-bond acceptors (Lipinski definition) is 6. The highest BCUT2D eigenvalue weighted by molar-refractivity contribution is 9.10. The molecule has 0 fully saturated rings. The van der Waals surface area contributed by atoms with Gasteiger partial charge in [0.05, 0.1) is 5.69 Å². The molecule has 5 rings (SSSR count). The van der Waals surface area contributed by atoms with Gasteiger partial charge in [-0.25, -0.2) is 5.10 Å². The molecule has 0 amide bonds. The van der Waals surface area contributed by atoms with Crippen molar-refractivity contribution in [3.63, 3.8) is 0 Å². The zero-order valence-corrected chi connectivity index (χ0v) is 17.9. The maximum atomic E-state index is 12.7. The Morgan fingerprint density at radius 1 is 1.07 bits per heavy atom. The molecule has 1 aliphatic heterocycles. The van der Waals surface area contributed by atoms with E-state index in [1.54, 1.807) is 4.68 Å². The van der Waals surface area contributed by atoms with E-state index in [2.05, 4.69) is 85.1 Å². The van der Waals surface area contributed by atoms with Crippen LogP contribution >= 0.6 is 15.9 Å². The quantitative estimate of drug-likeness (QED) is 0.419. The van der Waals surface area contributed by atoms with Gasteiger partial charge in [-0.3, -0.25) is 4.79 Å². The number of nitrogens with one attached hydrogen (secondary N) is 2. The van der Waals surface area contributed by atoms with Gasteiger partial charge < -0.3 is 5.32 Å². The summed E-state index contributed by atoms with van der Waals surface area (Å²) in [5, 5.41) is 22.1. The van der Waals surface area contributed by atoms with Crippen molar-refractivity contribution in [1.29, 1.82) is 0 Å². The zero-order valence-electron chi connectivity index (χ0n) is 16.3. The molecule has 4 aromatic rings. The van der Waals surface area contributed by atoms with Gasteiger partial charge in [-0.05, 0) is 39.6 Å². The molecule has 0 radical (unpaired) electrons. The number of hydrogen-bond donors (Lipinski definition) is 2. The van der Waals surface area contributed by atoms with Gasteiger partial charge in [0.15, 0.2) is 0 Å². The molecule has 0 saturated carbocycles. The fourth-order valence-corrected chi connectivity index (χ4v) is 4.00. The molecular formula is C21H18BrN7O. The third-order valence-corrected chi connectivity index (χ3v) is 5.83. The van der Waals surface area contributed by atoms with E-state index >= 15 is 0 Å². The molecule has 2 aromatic heterocycles. The number of benzene rings is 2. The lowest BCUT2D eigenvalue weighted by molar-refractivity contribution is 0.567. The van der Waals surface area contributed by atoms with Gasteiger partial charge in [-0.1, -0.05) is 71.3 Å². The number of nitrogens with zero attached hydrogens (tertiary/aromatic N) is 5. The average Bonchev–Trinajstić information content (AvgIpc) is 3.22. The molecule has 0 unspecified atom stereocenters. The van der Waals surface area contributed by atoms with Gasteiger partial charge in [0.1, 0.15) is 11.7 Å². The monoisotopic (exact) mass is 463 g/mol. The van der Waals surface area contributed by atoms with E-state index in [-0.39, 0.29) is 11.6 Å². The lowest BCUT2D eigenvalue weighted by atomic mass is 9.91. The molecule has 3 heterocycles. The lowest BCUT2D eigenvalue weighted by Crippen LogP contribution is -2.29. The molecule has 2 N–H and O–H groups in total. The van der Waals surface area contributed by atoms with Gasteiger partial charge in [-0.2, -0.15) is 9.78 Å². The smallest absolute Gasteiger partial charge is 0.288 e. The number of anilines is 2. The van der Waals surface area contributed by atoms with Crippen LogP contribution in [0.4, 0.5) is 11.6 Å². The molecule has 150 valence electrons. The van der Waals surface area contributed by atoms with Gasteiger partial charge >= 0.3 is 0 Å². The van der Waals surface area contributed by atoms with E-state index in [9.17, 15) is 4.79 Å². The van der Waals surface area contributed by atoms with Crippen LogP contribution < -0.4 is 10.9 Å². The minimum atomic E-state index is -0.388. The molecule has 0 aliphatic carbocycles. The highest BCUT2D eigenvalue weighted by Gasteiger charge is 2.34. The van der Waals surface area contributed by atoms with Gasteiger partial charge in [0.25, 0.3) is 5.56 Å². The van der Waals surface area contributed by atoms with Gasteiger partial charge in [0, 0.05) is 15.6 Å². The number of fused-ring (bicyclic) bond motifs is 2. The minimum Gasteiger partial charge on any atom is -0.318 e. The second kappa shape index (κ2) is 7.17. The number of aromatic amines is 1. The second-order valence-corrected chi connectivity index (χ2v) is 8.41. The summed E-state index contributed by atoms with van der Waals surface area (Å²) < 4.78 is 2.65. The fourth-order valence-electron chi connectivity index (χ4n) is 3.74. The van der Waals surface area contributed by atoms with Crippen molar-refractivity contribution in [2.24, 2.45) is 0 Å². The molecule has 0 saturated heterocycles. The Bertz CT molecular complexity index is 1280. The van der Waals surface area contributed by atoms with E-state index in [0.29, 0.717) is 23.2 Å². The minimum absolute atomic E-state index is 0.316. The molecular weight excluding hydrogens is 446 g/mol. The van der Waals surface area contributed by atoms with Crippen LogP contribution in [0.2, 0.25) is 0 Å². The standard InChI is InChI=1S/C21H18BrN7O/c1-11(2)12-3-5-14(6-4-12)19-16-17(13-7-9-15(22)10-8-13)24-25-20(30)18(16)23-21-26-27-28-29(19)21/h3-11,19H,1-2H3,(H,25,30)(H,23,26,28)/t19-/m0/s1. The Morgan fingerprint density at radius 3 is 2.50 bits per heavy atom. The van der Waals surface area contributed by atoms with Crippen molar-refractivity contribution in [1.82, 2.24) is 30.4 Å². The van der Waals surface area contributed by atoms with E-state index in [0.717, 1.165) is 21.2 Å². The largest absolute Gasteiger partial charge is 0.318 e. The Kier molecular flexibility index (Phi) is 4.47. The second-order valence-electron chi connectivity index (χ2n) is 7.49. The number of rotatable bonds is 3. The fraction of sp³-hybridized carbons (Fsp3) is 0.190. The molecule has 0 spiro atoms. The van der Waals surface area contributed by atoms with Crippen LogP contribution in [0.1, 0.15) is 42.5 Å². The number of aromatic nitrogens is 6. The summed E-state index contributed by atoms with van der Waals surface area (Å²) in [6.45, 7) is 4.31. The number of H-pyrrole nitrogens is 1. The molecule has 30 heavy (non-hydrogen) atoms. The molecule has 8 nitrogen and oxygen atoms in total. The molecule has 1 atom stereocenters. The Morgan fingerprint density at radius 2 is 1.80 bits per heavy atom. The number of tetrazole rings is 1. The lowest BCUT2D eigenvalue weighted by Gasteiger charge is -2.28. The highest BCUT2D eigenvalue weighted by atomic mass is 79.9. The molecule has 2 aromatic carbocycles. The van der Waals surface area contributed by atoms with Crippen molar-refractivity contribution < 1.29 is 0 Å². The SMILES string of the molecule is CC(C)c1ccc([C@H]2c3c(-c4ccc(Br)cc4)n[nH]c(=O)c3Nc3nnnn32)cc1. The van der Waals surface area contributed by atoms with Crippen LogP contribution in [0, 0.1) is 0 Å². The van der Waals surface area contributed by atoms with Crippen LogP contribution in [0.5, 0.6) is 0 Å². The van der Waals surface area contributed by atoms with E-state index < -0.39 is 0 Å². The Hall–Kier alpha value is -3.33. The first-order valence-electron chi connectivity index (χ1n) is 9.56. The third-order valence-electron chi connectivity index (χ3n) is 5.30. The highest BCUT2D eigenvalue weighted by Crippen LogP contribution is 2.41. The summed E-state index contributed by atoms with van der Waals surface area (Å²) in [7, 11) is 0. The van der Waals surface area contributed by atoms with Crippen LogP contribution in [0.15, 0.2) is 57.8 Å². The van der Waals surface area contributed by atoms with Crippen LogP contribution in [0.25, 0.3) is 11.3 Å². The summed E-state index contributed by atoms with van der Waals surface area (Å²) >= 11 is 3.47. The Labute approximate surface area is 180 Å². The maximum absolute atomic E-state index is 12.7. The van der Waals surface area contributed by atoms with Crippen molar-refractivity contribution >= 4 is 27.6 Å². The van der Waals surface area contributed by atoms with Crippen LogP contribution in [-0.2, 0) is 0 Å². The van der Waals surface area contributed by atoms with Gasteiger partial charge in [-0.15, -0.1) is 0 Å². The maximum Gasteiger partial charge on any atom is 0.288 e. The van der Waals surface area contributed by atoms with E-state index in [1.807, 2.05) is 24.3 Å². The van der Waals surface area contributed by atoms with Crippen molar-refractivity contribution in [2.45, 2.75) is 25.8 Å². The summed E-state index contributed by atoms with van der Waals surface area (Å²) in [6, 6.07) is 15.7. The first-order chi connectivity index (χ1) is 14.5. The summed E-state index contributed by atoms with van der Waals surface area (Å²) in [4.78, 5) is 12.7. The first-order valence-corrected chi connectivity index (χ1v) is 10.4. The topological polar surface area (TPSA) is 101 Å². The summed E-state index contributed by atoms with van der Waals surface area (Å²) in [5.41, 5.74) is 4.59. The summed E-state index contributed by atoms with van der Waals surface area (Å²) in [6.07, 6.45) is 0. The van der Waals surface area contributed by atoms with Gasteiger partial charge in [0.2, 0.25) is 5.95 Å².